The molecular weight excluding hydrogens is 407 g/mol. The van der Waals surface area contributed by atoms with Crippen molar-refractivity contribution in [2.24, 2.45) is 5.92 Å². The van der Waals surface area contributed by atoms with Gasteiger partial charge in [-0.2, -0.15) is 0 Å². The molecule has 0 radical (unpaired) electrons. The van der Waals surface area contributed by atoms with Crippen molar-refractivity contribution in [1.29, 1.82) is 0 Å². The largest absolute Gasteiger partial charge is 0.320 e. The molecule has 0 atom stereocenters. The van der Waals surface area contributed by atoms with Crippen molar-refractivity contribution in [1.82, 2.24) is 9.97 Å². The first-order valence-corrected chi connectivity index (χ1v) is 9.79. The summed E-state index contributed by atoms with van der Waals surface area (Å²) in [5, 5.41) is 6.11. The number of hydrogen-bond acceptors (Lipinski definition) is 4. The molecule has 1 aliphatic rings. The number of nitrogens with zero attached hydrogens (tertiary/aromatic N) is 2. The summed E-state index contributed by atoms with van der Waals surface area (Å²) in [6.07, 6.45) is 4.17. The standard InChI is InChI=1S/C22H18ClFN4O2/c23-16-3-1-13(2-4-16)18-6-7-25-12-19(18)27-21(29)14-5-8-26-20(11-14)28-22(30)15-9-17(24)10-15/h1-8,11-12,15,17H,9-10H2,(H,27,29)(H,26,28,30)/t15-,17-. The number of aromatic nitrogens is 2. The molecule has 1 saturated carbocycles. The van der Waals surface area contributed by atoms with Crippen LogP contribution in [0.1, 0.15) is 23.2 Å². The van der Waals surface area contributed by atoms with Gasteiger partial charge in [0.1, 0.15) is 12.0 Å². The zero-order valence-corrected chi connectivity index (χ0v) is 16.6. The van der Waals surface area contributed by atoms with Crippen LogP contribution in [-0.4, -0.2) is 28.0 Å². The Morgan fingerprint density at radius 3 is 2.53 bits per heavy atom. The third-order valence-corrected chi connectivity index (χ3v) is 5.20. The molecule has 2 heterocycles. The predicted octanol–water partition coefficient (Wildman–Crippen LogP) is 4.74. The average molecular weight is 425 g/mol. The van der Waals surface area contributed by atoms with Crippen molar-refractivity contribution in [2.75, 3.05) is 10.6 Å². The van der Waals surface area contributed by atoms with Gasteiger partial charge in [-0.25, -0.2) is 9.37 Å². The summed E-state index contributed by atoms with van der Waals surface area (Å²) < 4.78 is 13.0. The normalized spacial score (nSPS) is 17.7. The minimum absolute atomic E-state index is 0.223. The number of carbonyl (C=O) groups is 2. The number of alkyl halides is 1. The topological polar surface area (TPSA) is 84.0 Å². The Morgan fingerprint density at radius 2 is 1.80 bits per heavy atom. The highest BCUT2D eigenvalue weighted by Crippen LogP contribution is 2.31. The fourth-order valence-electron chi connectivity index (χ4n) is 3.20. The summed E-state index contributed by atoms with van der Waals surface area (Å²) in [5.41, 5.74) is 2.54. The maximum Gasteiger partial charge on any atom is 0.255 e. The molecule has 0 saturated heterocycles. The number of pyridine rings is 2. The smallest absolute Gasteiger partial charge is 0.255 e. The van der Waals surface area contributed by atoms with Crippen LogP contribution in [0.5, 0.6) is 0 Å². The minimum Gasteiger partial charge on any atom is -0.320 e. The van der Waals surface area contributed by atoms with E-state index < -0.39 is 6.17 Å². The SMILES string of the molecule is O=C(Nc1cnccc1-c1ccc(Cl)cc1)c1ccnc(NC(=O)[C@H]2C[C@H](F)C2)c1. The quantitative estimate of drug-likeness (QED) is 0.619. The summed E-state index contributed by atoms with van der Waals surface area (Å²) in [6.45, 7) is 0. The molecule has 8 heteroatoms. The molecule has 30 heavy (non-hydrogen) atoms. The van der Waals surface area contributed by atoms with E-state index in [-0.39, 0.29) is 36.4 Å². The van der Waals surface area contributed by atoms with Gasteiger partial charge in [0.2, 0.25) is 5.91 Å². The summed E-state index contributed by atoms with van der Waals surface area (Å²) in [4.78, 5) is 33.0. The number of benzene rings is 1. The summed E-state index contributed by atoms with van der Waals surface area (Å²) in [5.74, 6) is -0.759. The van der Waals surface area contributed by atoms with Gasteiger partial charge in [0.05, 0.1) is 11.9 Å². The molecule has 0 unspecified atom stereocenters. The van der Waals surface area contributed by atoms with Crippen molar-refractivity contribution in [3.63, 3.8) is 0 Å². The van der Waals surface area contributed by atoms with Crippen LogP contribution >= 0.6 is 11.6 Å². The third kappa shape index (κ3) is 4.46. The summed E-state index contributed by atoms with van der Waals surface area (Å²) in [6, 6.07) is 12.1. The Bertz CT molecular complexity index is 1080. The van der Waals surface area contributed by atoms with Crippen molar-refractivity contribution in [3.05, 3.63) is 71.6 Å². The molecule has 2 N–H and O–H groups in total. The first-order valence-electron chi connectivity index (χ1n) is 9.42. The molecule has 0 bridgehead atoms. The zero-order chi connectivity index (χ0) is 21.1. The van der Waals surface area contributed by atoms with Gasteiger partial charge >= 0.3 is 0 Å². The van der Waals surface area contributed by atoms with Crippen molar-refractivity contribution in [3.8, 4) is 11.1 Å². The van der Waals surface area contributed by atoms with Crippen LogP contribution in [-0.2, 0) is 4.79 Å². The van der Waals surface area contributed by atoms with Gasteiger partial charge in [0.25, 0.3) is 5.91 Å². The van der Waals surface area contributed by atoms with Crippen LogP contribution in [0.25, 0.3) is 11.1 Å². The van der Waals surface area contributed by atoms with E-state index in [9.17, 15) is 14.0 Å². The number of hydrogen-bond donors (Lipinski definition) is 2. The fourth-order valence-corrected chi connectivity index (χ4v) is 3.33. The number of carbonyl (C=O) groups excluding carboxylic acids is 2. The van der Waals surface area contributed by atoms with E-state index in [4.69, 9.17) is 11.6 Å². The van der Waals surface area contributed by atoms with Crippen molar-refractivity contribution >= 4 is 34.9 Å². The summed E-state index contributed by atoms with van der Waals surface area (Å²) in [7, 11) is 0. The fraction of sp³-hybridized carbons (Fsp3) is 0.182. The number of anilines is 2. The van der Waals surface area contributed by atoms with E-state index in [0.717, 1.165) is 11.1 Å². The highest BCUT2D eigenvalue weighted by Gasteiger charge is 2.34. The number of nitrogens with one attached hydrogen (secondary N) is 2. The number of amides is 2. The van der Waals surface area contributed by atoms with Gasteiger partial charge in [-0.3, -0.25) is 14.6 Å². The molecule has 1 fully saturated rings. The Labute approximate surface area is 177 Å². The summed E-state index contributed by atoms with van der Waals surface area (Å²) >= 11 is 5.96. The van der Waals surface area contributed by atoms with E-state index in [1.54, 1.807) is 36.7 Å². The van der Waals surface area contributed by atoms with Crippen LogP contribution in [0.15, 0.2) is 61.1 Å². The van der Waals surface area contributed by atoms with E-state index in [0.29, 0.717) is 16.3 Å². The highest BCUT2D eigenvalue weighted by molar-refractivity contribution is 6.30. The molecule has 6 nitrogen and oxygen atoms in total. The van der Waals surface area contributed by atoms with Gasteiger partial charge in [-0.1, -0.05) is 23.7 Å². The lowest BCUT2D eigenvalue weighted by Crippen LogP contribution is -2.35. The Kier molecular flexibility index (Phi) is 5.72. The predicted molar refractivity (Wildman–Crippen MR) is 113 cm³/mol. The van der Waals surface area contributed by atoms with Crippen molar-refractivity contribution in [2.45, 2.75) is 19.0 Å². The average Bonchev–Trinajstić information content (AvgIpc) is 2.72. The molecule has 0 spiro atoms. The van der Waals surface area contributed by atoms with Gasteiger partial charge in [-0.05, 0) is 48.7 Å². The second-order valence-corrected chi connectivity index (χ2v) is 7.50. The Morgan fingerprint density at radius 1 is 1.03 bits per heavy atom. The molecule has 2 aromatic heterocycles. The maximum atomic E-state index is 13.0. The Hall–Kier alpha value is -3.32. The zero-order valence-electron chi connectivity index (χ0n) is 15.8. The lowest BCUT2D eigenvalue weighted by Gasteiger charge is -2.28. The molecule has 1 aliphatic carbocycles. The van der Waals surface area contributed by atoms with E-state index in [1.165, 1.54) is 12.3 Å². The molecule has 1 aromatic carbocycles. The first kappa shape index (κ1) is 20.0. The first-order chi connectivity index (χ1) is 14.5. The third-order valence-electron chi connectivity index (χ3n) is 4.95. The second-order valence-electron chi connectivity index (χ2n) is 7.07. The van der Waals surface area contributed by atoms with E-state index in [2.05, 4.69) is 20.6 Å². The van der Waals surface area contributed by atoms with Crippen LogP contribution in [0.3, 0.4) is 0 Å². The molecule has 2 amide bonds. The Balaban J connectivity index is 1.49. The van der Waals surface area contributed by atoms with Gasteiger partial charge in [0, 0.05) is 34.5 Å². The highest BCUT2D eigenvalue weighted by atomic mass is 35.5. The lowest BCUT2D eigenvalue weighted by atomic mass is 9.83. The minimum atomic E-state index is -0.917. The van der Waals surface area contributed by atoms with Gasteiger partial charge in [0.15, 0.2) is 0 Å². The molecule has 4 rings (SSSR count). The van der Waals surface area contributed by atoms with Gasteiger partial charge < -0.3 is 10.6 Å². The molecule has 152 valence electrons. The van der Waals surface area contributed by atoms with Gasteiger partial charge in [-0.15, -0.1) is 0 Å². The van der Waals surface area contributed by atoms with Crippen LogP contribution in [0.2, 0.25) is 5.02 Å². The van der Waals surface area contributed by atoms with Crippen LogP contribution in [0.4, 0.5) is 15.9 Å². The maximum absolute atomic E-state index is 13.0. The van der Waals surface area contributed by atoms with E-state index in [1.807, 2.05) is 12.1 Å². The molecular formula is C22H18ClFN4O2. The van der Waals surface area contributed by atoms with E-state index >= 15 is 0 Å². The molecule has 0 aliphatic heterocycles. The lowest BCUT2D eigenvalue weighted by molar-refractivity contribution is -0.124. The van der Waals surface area contributed by atoms with Crippen LogP contribution in [0, 0.1) is 5.92 Å². The van der Waals surface area contributed by atoms with Crippen LogP contribution < -0.4 is 10.6 Å². The monoisotopic (exact) mass is 424 g/mol. The number of halogens is 2. The molecule has 3 aromatic rings. The van der Waals surface area contributed by atoms with Crippen molar-refractivity contribution < 1.29 is 14.0 Å². The second kappa shape index (κ2) is 8.59. The number of rotatable bonds is 5.